The van der Waals surface area contributed by atoms with Crippen LogP contribution in [-0.2, 0) is 10.3 Å². The Morgan fingerprint density at radius 3 is 2.27 bits per heavy atom. The number of hydrogen-bond donors (Lipinski definition) is 1. The second-order valence-corrected chi connectivity index (χ2v) is 8.42. The number of benzene rings is 2. The van der Waals surface area contributed by atoms with Crippen molar-refractivity contribution in [1.82, 2.24) is 5.32 Å². The molecule has 1 saturated carbocycles. The number of nitrogens with one attached hydrogen (secondary N) is 1. The highest BCUT2D eigenvalue weighted by atomic mass is 16.6. The maximum Gasteiger partial charge on any atom is 0.408 e. The molecule has 0 aliphatic heterocycles. The van der Waals surface area contributed by atoms with E-state index in [4.69, 9.17) is 14.7 Å². The fourth-order valence-electron chi connectivity index (χ4n) is 3.40. The topological polar surface area (TPSA) is 71.3 Å². The molecule has 154 valence electrons. The molecule has 30 heavy (non-hydrogen) atoms. The highest BCUT2D eigenvalue weighted by Gasteiger charge is 2.41. The largest absolute Gasteiger partial charge is 0.495 e. The van der Waals surface area contributed by atoms with Gasteiger partial charge in [0.15, 0.2) is 0 Å². The van der Waals surface area contributed by atoms with Gasteiger partial charge in [0.2, 0.25) is 0 Å². The van der Waals surface area contributed by atoms with E-state index < -0.39 is 11.7 Å². The first-order valence-corrected chi connectivity index (χ1v) is 9.96. The van der Waals surface area contributed by atoms with Gasteiger partial charge in [0.25, 0.3) is 0 Å². The van der Waals surface area contributed by atoms with Crippen molar-refractivity contribution in [3.63, 3.8) is 0 Å². The first-order valence-electron chi connectivity index (χ1n) is 9.96. The minimum Gasteiger partial charge on any atom is -0.495 e. The number of nitriles is 1. The zero-order chi connectivity index (χ0) is 21.8. The van der Waals surface area contributed by atoms with E-state index in [1.54, 1.807) is 25.3 Å². The van der Waals surface area contributed by atoms with Crippen LogP contribution in [0.15, 0.2) is 42.5 Å². The van der Waals surface area contributed by atoms with Crippen LogP contribution in [0.5, 0.6) is 5.75 Å². The van der Waals surface area contributed by atoms with Crippen molar-refractivity contribution in [2.75, 3.05) is 7.11 Å². The molecule has 0 atom stereocenters. The van der Waals surface area contributed by atoms with Crippen LogP contribution in [0.4, 0.5) is 4.79 Å². The van der Waals surface area contributed by atoms with Gasteiger partial charge in [-0.15, -0.1) is 0 Å². The van der Waals surface area contributed by atoms with Crippen LogP contribution < -0.4 is 10.1 Å². The average molecular weight is 402 g/mol. The number of nitrogens with zero attached hydrogens (tertiary/aromatic N) is 1. The molecule has 0 aromatic heterocycles. The van der Waals surface area contributed by atoms with Gasteiger partial charge in [-0.05, 0) is 75.9 Å². The van der Waals surface area contributed by atoms with Gasteiger partial charge >= 0.3 is 6.09 Å². The van der Waals surface area contributed by atoms with E-state index in [-0.39, 0.29) is 5.54 Å². The highest BCUT2D eigenvalue weighted by Crippen LogP contribution is 2.41. The summed E-state index contributed by atoms with van der Waals surface area (Å²) in [7, 11) is 1.58. The number of amides is 1. The molecule has 1 aliphatic carbocycles. The van der Waals surface area contributed by atoms with Crippen molar-refractivity contribution in [2.24, 2.45) is 0 Å². The van der Waals surface area contributed by atoms with E-state index in [0.717, 1.165) is 30.4 Å². The molecule has 0 bridgehead atoms. The number of methoxy groups -OCH3 is 1. The first-order chi connectivity index (χ1) is 14.2. The normalized spacial score (nSPS) is 14.4. The molecule has 0 radical (unpaired) electrons. The summed E-state index contributed by atoms with van der Waals surface area (Å²) in [5.41, 5.74) is 2.19. The molecule has 0 heterocycles. The van der Waals surface area contributed by atoms with Crippen molar-refractivity contribution in [1.29, 1.82) is 5.26 Å². The van der Waals surface area contributed by atoms with Crippen LogP contribution in [-0.4, -0.2) is 18.8 Å². The molecule has 0 spiro atoms. The van der Waals surface area contributed by atoms with Crippen molar-refractivity contribution in [2.45, 2.75) is 51.2 Å². The number of carbonyl (C=O) groups excluding carboxylic acids is 1. The van der Waals surface area contributed by atoms with E-state index in [2.05, 4.69) is 23.2 Å². The van der Waals surface area contributed by atoms with Gasteiger partial charge in [-0.2, -0.15) is 5.26 Å². The summed E-state index contributed by atoms with van der Waals surface area (Å²) in [6.07, 6.45) is 2.44. The third-order valence-corrected chi connectivity index (χ3v) is 5.05. The third kappa shape index (κ3) is 4.93. The standard InChI is InChI=1S/C25H26N2O3/c1-24(2,3)30-23(28)27-25(14-5-15-25)21-11-7-18(8-12-21)6-10-20-16-19(17-26)9-13-22(20)29-4/h7-9,11-13,16H,5,14-15H2,1-4H3,(H,27,28). The average Bonchev–Trinajstić information content (AvgIpc) is 2.68. The fourth-order valence-corrected chi connectivity index (χ4v) is 3.40. The van der Waals surface area contributed by atoms with E-state index >= 15 is 0 Å². The second kappa shape index (κ2) is 8.51. The second-order valence-electron chi connectivity index (χ2n) is 8.42. The molecule has 0 saturated heterocycles. The van der Waals surface area contributed by atoms with Crippen LogP contribution in [0.2, 0.25) is 0 Å². The number of rotatable bonds is 3. The Kier molecular flexibility index (Phi) is 6.04. The SMILES string of the molecule is COc1ccc(C#N)cc1C#Cc1ccc(C2(NC(=O)OC(C)(C)C)CCC2)cc1. The molecule has 1 N–H and O–H groups in total. The molecule has 2 aromatic rings. The van der Waals surface area contributed by atoms with E-state index in [0.29, 0.717) is 16.9 Å². The van der Waals surface area contributed by atoms with Crippen molar-refractivity contribution < 1.29 is 14.3 Å². The van der Waals surface area contributed by atoms with Gasteiger partial charge in [0, 0.05) is 5.56 Å². The summed E-state index contributed by atoms with van der Waals surface area (Å²) in [6, 6.07) is 15.2. The molecule has 5 heteroatoms. The van der Waals surface area contributed by atoms with Gasteiger partial charge in [-0.25, -0.2) is 4.79 Å². The monoisotopic (exact) mass is 402 g/mol. The van der Waals surface area contributed by atoms with E-state index in [1.807, 2.05) is 45.0 Å². The van der Waals surface area contributed by atoms with Crippen molar-refractivity contribution >= 4 is 6.09 Å². The summed E-state index contributed by atoms with van der Waals surface area (Å²) in [5.74, 6) is 6.84. The maximum atomic E-state index is 12.3. The molecule has 1 amide bonds. The Balaban J connectivity index is 1.78. The zero-order valence-electron chi connectivity index (χ0n) is 17.8. The lowest BCUT2D eigenvalue weighted by molar-refractivity contribution is 0.0377. The fraction of sp³-hybridized carbons (Fsp3) is 0.360. The van der Waals surface area contributed by atoms with Crippen molar-refractivity contribution in [3.05, 3.63) is 64.7 Å². The van der Waals surface area contributed by atoms with Gasteiger partial charge in [-0.3, -0.25) is 0 Å². The molecule has 3 rings (SSSR count). The summed E-state index contributed by atoms with van der Waals surface area (Å²) in [5, 5.41) is 12.2. The van der Waals surface area contributed by atoms with Crippen LogP contribution in [0, 0.1) is 23.2 Å². The maximum absolute atomic E-state index is 12.3. The van der Waals surface area contributed by atoms with Gasteiger partial charge in [-0.1, -0.05) is 24.0 Å². The number of hydrogen-bond acceptors (Lipinski definition) is 4. The van der Waals surface area contributed by atoms with Gasteiger partial charge in [0.05, 0.1) is 29.8 Å². The lowest BCUT2D eigenvalue weighted by Gasteiger charge is -2.43. The lowest BCUT2D eigenvalue weighted by atomic mass is 9.72. The molecular formula is C25H26N2O3. The van der Waals surface area contributed by atoms with E-state index in [1.165, 1.54) is 0 Å². The van der Waals surface area contributed by atoms with Crippen LogP contribution in [0.25, 0.3) is 0 Å². The van der Waals surface area contributed by atoms with E-state index in [9.17, 15) is 4.79 Å². The van der Waals surface area contributed by atoms with Crippen LogP contribution in [0.1, 0.15) is 62.3 Å². The number of alkyl carbamates (subject to hydrolysis) is 1. The Bertz CT molecular complexity index is 1030. The predicted molar refractivity (Wildman–Crippen MR) is 115 cm³/mol. The number of carbonyl (C=O) groups is 1. The Hall–Kier alpha value is -3.44. The predicted octanol–water partition coefficient (Wildman–Crippen LogP) is 4.87. The summed E-state index contributed by atoms with van der Waals surface area (Å²) in [4.78, 5) is 12.3. The van der Waals surface area contributed by atoms with Crippen LogP contribution in [0.3, 0.4) is 0 Å². The summed E-state index contributed by atoms with van der Waals surface area (Å²) >= 11 is 0. The molecule has 5 nitrogen and oxygen atoms in total. The van der Waals surface area contributed by atoms with Crippen LogP contribution >= 0.6 is 0 Å². The molecule has 1 fully saturated rings. The summed E-state index contributed by atoms with van der Waals surface area (Å²) in [6.45, 7) is 5.57. The smallest absolute Gasteiger partial charge is 0.408 e. The Morgan fingerprint density at radius 1 is 1.07 bits per heavy atom. The minimum atomic E-state index is -0.529. The molecule has 2 aromatic carbocycles. The first kappa shape index (κ1) is 21.3. The minimum absolute atomic E-state index is 0.376. The van der Waals surface area contributed by atoms with Gasteiger partial charge in [0.1, 0.15) is 11.4 Å². The molecule has 0 unspecified atom stereocenters. The third-order valence-electron chi connectivity index (χ3n) is 5.05. The summed E-state index contributed by atoms with van der Waals surface area (Å²) < 4.78 is 10.8. The van der Waals surface area contributed by atoms with Gasteiger partial charge < -0.3 is 14.8 Å². The Morgan fingerprint density at radius 2 is 1.73 bits per heavy atom. The molecular weight excluding hydrogens is 376 g/mol. The zero-order valence-corrected chi connectivity index (χ0v) is 17.8. The molecule has 1 aliphatic rings. The highest BCUT2D eigenvalue weighted by molar-refractivity contribution is 5.69. The number of ether oxygens (including phenoxy) is 2. The Labute approximate surface area is 178 Å². The lowest BCUT2D eigenvalue weighted by Crippen LogP contribution is -2.52. The van der Waals surface area contributed by atoms with Crippen molar-refractivity contribution in [3.8, 4) is 23.7 Å². The quantitative estimate of drug-likeness (QED) is 0.744.